The number of carbonyl (C=O) groups is 1. The van der Waals surface area contributed by atoms with E-state index in [2.05, 4.69) is 5.32 Å². The van der Waals surface area contributed by atoms with Gasteiger partial charge in [0, 0.05) is 37.5 Å². The summed E-state index contributed by atoms with van der Waals surface area (Å²) in [5, 5.41) is 3.26. The molecule has 18 heavy (non-hydrogen) atoms. The number of halogens is 1. The summed E-state index contributed by atoms with van der Waals surface area (Å²) in [5.41, 5.74) is 1.21. The van der Waals surface area contributed by atoms with E-state index in [0.29, 0.717) is 6.61 Å². The highest BCUT2D eigenvalue weighted by Crippen LogP contribution is 2.27. The largest absolute Gasteiger partial charge is 0.376 e. The quantitative estimate of drug-likeness (QED) is 0.847. The van der Waals surface area contributed by atoms with E-state index in [1.165, 1.54) is 10.4 Å². The maximum atomic E-state index is 12.3. The van der Waals surface area contributed by atoms with E-state index in [1.54, 1.807) is 11.3 Å². The van der Waals surface area contributed by atoms with Gasteiger partial charge in [0.15, 0.2) is 0 Å². The van der Waals surface area contributed by atoms with Gasteiger partial charge in [0.1, 0.15) is 0 Å². The normalized spacial score (nSPS) is 19.0. The molecular formula is C12H17ClN2O2S. The Balaban J connectivity index is 0.00000120. The Labute approximate surface area is 117 Å². The van der Waals surface area contributed by atoms with Crippen LogP contribution in [0.25, 0.3) is 0 Å². The summed E-state index contributed by atoms with van der Waals surface area (Å²) < 4.78 is 5.41. The van der Waals surface area contributed by atoms with Crippen LogP contribution in [-0.4, -0.2) is 43.6 Å². The van der Waals surface area contributed by atoms with Gasteiger partial charge in [-0.05, 0) is 11.6 Å². The minimum Gasteiger partial charge on any atom is -0.376 e. The van der Waals surface area contributed by atoms with E-state index in [4.69, 9.17) is 4.74 Å². The Bertz CT molecular complexity index is 406. The lowest BCUT2D eigenvalue weighted by molar-refractivity contribution is 0.0740. The zero-order valence-electron chi connectivity index (χ0n) is 10.1. The second-order valence-corrected chi connectivity index (χ2v) is 5.54. The summed E-state index contributed by atoms with van der Waals surface area (Å²) in [6.45, 7) is 4.89. The highest BCUT2D eigenvalue weighted by molar-refractivity contribution is 7.14. The number of nitrogens with zero attached hydrogens (tertiary/aromatic N) is 1. The molecule has 4 nitrogen and oxygen atoms in total. The van der Waals surface area contributed by atoms with Crippen molar-refractivity contribution in [3.05, 3.63) is 21.4 Å². The van der Waals surface area contributed by atoms with Crippen LogP contribution in [0.5, 0.6) is 0 Å². The molecule has 3 rings (SSSR count). The Morgan fingerprint density at radius 3 is 2.89 bits per heavy atom. The van der Waals surface area contributed by atoms with Gasteiger partial charge in [0.05, 0.1) is 18.1 Å². The van der Waals surface area contributed by atoms with Gasteiger partial charge >= 0.3 is 0 Å². The highest BCUT2D eigenvalue weighted by atomic mass is 35.5. The first kappa shape index (κ1) is 13.8. The van der Waals surface area contributed by atoms with Crippen LogP contribution in [0.15, 0.2) is 6.07 Å². The van der Waals surface area contributed by atoms with E-state index in [9.17, 15) is 4.79 Å². The minimum atomic E-state index is 0. The third-order valence-electron chi connectivity index (χ3n) is 3.24. The molecule has 100 valence electrons. The SMILES string of the molecule is Cl.O=C(c1cc2c(s1)CCOC2)N1CCNCC1. The van der Waals surface area contributed by atoms with Crippen molar-refractivity contribution in [2.24, 2.45) is 0 Å². The van der Waals surface area contributed by atoms with E-state index >= 15 is 0 Å². The molecule has 0 spiro atoms. The van der Waals surface area contributed by atoms with Crippen LogP contribution in [0.3, 0.4) is 0 Å². The van der Waals surface area contributed by atoms with Crippen molar-refractivity contribution in [1.29, 1.82) is 0 Å². The molecule has 2 aliphatic heterocycles. The average Bonchev–Trinajstić information content (AvgIpc) is 2.82. The smallest absolute Gasteiger partial charge is 0.264 e. The van der Waals surface area contributed by atoms with Crippen LogP contribution < -0.4 is 5.32 Å². The number of ether oxygens (including phenoxy) is 1. The van der Waals surface area contributed by atoms with Crippen LogP contribution in [-0.2, 0) is 17.8 Å². The van der Waals surface area contributed by atoms with Crippen molar-refractivity contribution in [2.75, 3.05) is 32.8 Å². The van der Waals surface area contributed by atoms with E-state index < -0.39 is 0 Å². The zero-order chi connectivity index (χ0) is 11.7. The van der Waals surface area contributed by atoms with E-state index in [-0.39, 0.29) is 18.3 Å². The first-order chi connectivity index (χ1) is 8.34. The molecule has 0 aromatic carbocycles. The summed E-state index contributed by atoms with van der Waals surface area (Å²) in [6.07, 6.45) is 0.953. The van der Waals surface area contributed by atoms with E-state index in [0.717, 1.165) is 44.1 Å². The van der Waals surface area contributed by atoms with Crippen molar-refractivity contribution in [2.45, 2.75) is 13.0 Å². The number of piperazine rings is 1. The minimum absolute atomic E-state index is 0. The number of hydrogen-bond donors (Lipinski definition) is 1. The van der Waals surface area contributed by atoms with Crippen molar-refractivity contribution >= 4 is 29.7 Å². The van der Waals surface area contributed by atoms with Crippen molar-refractivity contribution in [1.82, 2.24) is 10.2 Å². The molecular weight excluding hydrogens is 272 g/mol. The van der Waals surface area contributed by atoms with Crippen LogP contribution in [0.1, 0.15) is 20.1 Å². The van der Waals surface area contributed by atoms with Crippen molar-refractivity contribution < 1.29 is 9.53 Å². The Morgan fingerprint density at radius 1 is 1.39 bits per heavy atom. The molecule has 0 atom stereocenters. The van der Waals surface area contributed by atoms with Crippen molar-refractivity contribution in [3.8, 4) is 0 Å². The van der Waals surface area contributed by atoms with Crippen molar-refractivity contribution in [3.63, 3.8) is 0 Å². The number of amides is 1. The maximum absolute atomic E-state index is 12.3. The predicted molar refractivity (Wildman–Crippen MR) is 73.7 cm³/mol. The van der Waals surface area contributed by atoms with Gasteiger partial charge in [-0.15, -0.1) is 23.7 Å². The molecule has 1 N–H and O–H groups in total. The molecule has 1 amide bonds. The lowest BCUT2D eigenvalue weighted by Gasteiger charge is -2.26. The second-order valence-electron chi connectivity index (χ2n) is 4.40. The lowest BCUT2D eigenvalue weighted by atomic mass is 10.2. The number of rotatable bonds is 1. The topological polar surface area (TPSA) is 41.6 Å². The molecule has 0 unspecified atom stereocenters. The van der Waals surface area contributed by atoms with Crippen LogP contribution >= 0.6 is 23.7 Å². The monoisotopic (exact) mass is 288 g/mol. The average molecular weight is 289 g/mol. The lowest BCUT2D eigenvalue weighted by Crippen LogP contribution is -2.46. The summed E-state index contributed by atoms with van der Waals surface area (Å²) in [7, 11) is 0. The van der Waals surface area contributed by atoms with Crippen LogP contribution in [0, 0.1) is 0 Å². The van der Waals surface area contributed by atoms with Gasteiger partial charge in [0.2, 0.25) is 0 Å². The molecule has 0 aliphatic carbocycles. The highest BCUT2D eigenvalue weighted by Gasteiger charge is 2.22. The second kappa shape index (κ2) is 6.02. The fourth-order valence-corrected chi connectivity index (χ4v) is 3.39. The van der Waals surface area contributed by atoms with E-state index in [1.807, 2.05) is 11.0 Å². The van der Waals surface area contributed by atoms with Gasteiger partial charge in [-0.3, -0.25) is 4.79 Å². The molecule has 0 radical (unpaired) electrons. The molecule has 3 heterocycles. The maximum Gasteiger partial charge on any atom is 0.264 e. The molecule has 1 fully saturated rings. The molecule has 2 aliphatic rings. The Hall–Kier alpha value is -0.620. The number of nitrogens with one attached hydrogen (secondary N) is 1. The Kier molecular flexibility index (Phi) is 4.61. The number of thiophene rings is 1. The summed E-state index contributed by atoms with van der Waals surface area (Å²) in [5.74, 6) is 0.186. The third kappa shape index (κ3) is 2.69. The summed E-state index contributed by atoms with van der Waals surface area (Å²) >= 11 is 1.65. The van der Waals surface area contributed by atoms with Gasteiger partial charge in [-0.1, -0.05) is 0 Å². The fourth-order valence-electron chi connectivity index (χ4n) is 2.28. The van der Waals surface area contributed by atoms with Gasteiger partial charge in [-0.2, -0.15) is 0 Å². The first-order valence-electron chi connectivity index (χ1n) is 6.04. The first-order valence-corrected chi connectivity index (χ1v) is 6.85. The standard InChI is InChI=1S/C12H16N2O2S.ClH/c15-12(14-4-2-13-3-5-14)11-7-9-8-16-6-1-10(9)17-11;/h7,13H,1-6,8H2;1H. The number of hydrogen-bond acceptors (Lipinski definition) is 4. The fraction of sp³-hybridized carbons (Fsp3) is 0.583. The molecule has 1 aromatic heterocycles. The summed E-state index contributed by atoms with van der Waals surface area (Å²) in [4.78, 5) is 16.4. The Morgan fingerprint density at radius 2 is 2.17 bits per heavy atom. The number of carbonyl (C=O) groups excluding carboxylic acids is 1. The molecule has 0 bridgehead atoms. The molecule has 1 saturated heterocycles. The summed E-state index contributed by atoms with van der Waals surface area (Å²) in [6, 6.07) is 2.02. The predicted octanol–water partition coefficient (Wildman–Crippen LogP) is 1.29. The molecule has 1 aromatic rings. The van der Waals surface area contributed by atoms with Crippen LogP contribution in [0.4, 0.5) is 0 Å². The zero-order valence-corrected chi connectivity index (χ0v) is 11.7. The number of fused-ring (bicyclic) bond motifs is 1. The van der Waals surface area contributed by atoms with Gasteiger partial charge < -0.3 is 15.0 Å². The van der Waals surface area contributed by atoms with Gasteiger partial charge in [0.25, 0.3) is 5.91 Å². The van der Waals surface area contributed by atoms with Crippen LogP contribution in [0.2, 0.25) is 0 Å². The van der Waals surface area contributed by atoms with Gasteiger partial charge in [-0.25, -0.2) is 0 Å². The third-order valence-corrected chi connectivity index (χ3v) is 4.47. The molecule has 0 saturated carbocycles. The molecule has 6 heteroatoms.